The largest absolute Gasteiger partial charge is 0.368 e. The highest BCUT2D eigenvalue weighted by Crippen LogP contribution is 2.18. The standard InChI is InChI=1S/C11H12ClN7/c1-2-3-8-16-10-7(6-13)9(15-5-4-12)17-11(14)19(10)18-8/h6,13,15H,4-5H2,1H3,(H2,14,17). The van der Waals surface area contributed by atoms with Gasteiger partial charge < -0.3 is 16.5 Å². The zero-order chi connectivity index (χ0) is 13.8. The molecule has 2 rings (SSSR count). The van der Waals surface area contributed by atoms with Crippen LogP contribution in [-0.2, 0) is 0 Å². The normalized spacial score (nSPS) is 10.0. The minimum Gasteiger partial charge on any atom is -0.368 e. The lowest BCUT2D eigenvalue weighted by molar-refractivity contribution is 0.929. The first-order valence-corrected chi connectivity index (χ1v) is 6.04. The molecule has 2 aromatic rings. The summed E-state index contributed by atoms with van der Waals surface area (Å²) in [5.41, 5.74) is 6.75. The van der Waals surface area contributed by atoms with Crippen molar-refractivity contribution in [1.82, 2.24) is 19.6 Å². The third-order valence-electron chi connectivity index (χ3n) is 2.31. The van der Waals surface area contributed by atoms with Gasteiger partial charge in [0, 0.05) is 18.6 Å². The third-order valence-corrected chi connectivity index (χ3v) is 2.50. The molecule has 0 aliphatic carbocycles. The number of fused-ring (bicyclic) bond motifs is 1. The van der Waals surface area contributed by atoms with Gasteiger partial charge in [-0.25, -0.2) is 0 Å². The van der Waals surface area contributed by atoms with E-state index in [1.165, 1.54) is 4.52 Å². The van der Waals surface area contributed by atoms with Crippen LogP contribution >= 0.6 is 11.6 Å². The lowest BCUT2D eigenvalue weighted by Gasteiger charge is -2.08. The van der Waals surface area contributed by atoms with Crippen LogP contribution in [-0.4, -0.2) is 38.2 Å². The van der Waals surface area contributed by atoms with E-state index < -0.39 is 0 Å². The van der Waals surface area contributed by atoms with Gasteiger partial charge in [0.1, 0.15) is 5.82 Å². The number of nitrogens with zero attached hydrogens (tertiary/aromatic N) is 4. The molecule has 0 atom stereocenters. The Morgan fingerprint density at radius 3 is 2.95 bits per heavy atom. The van der Waals surface area contributed by atoms with E-state index in [4.69, 9.17) is 22.7 Å². The molecule has 98 valence electrons. The van der Waals surface area contributed by atoms with Crippen molar-refractivity contribution in [2.24, 2.45) is 0 Å². The highest BCUT2D eigenvalue weighted by atomic mass is 35.5. The SMILES string of the molecule is CC#Cc1nc2c(C=N)c(NCCCl)nc(N)n2n1. The number of hydrogen-bond acceptors (Lipinski definition) is 6. The zero-order valence-corrected chi connectivity index (χ0v) is 11.0. The van der Waals surface area contributed by atoms with Crippen LogP contribution in [0, 0.1) is 17.3 Å². The lowest BCUT2D eigenvalue weighted by Crippen LogP contribution is -2.12. The van der Waals surface area contributed by atoms with E-state index >= 15 is 0 Å². The van der Waals surface area contributed by atoms with Crippen LogP contribution in [0.1, 0.15) is 18.3 Å². The van der Waals surface area contributed by atoms with Crippen LogP contribution < -0.4 is 11.1 Å². The van der Waals surface area contributed by atoms with Crippen molar-refractivity contribution in [2.45, 2.75) is 6.92 Å². The highest BCUT2D eigenvalue weighted by molar-refractivity contribution is 6.18. The number of hydrogen-bond donors (Lipinski definition) is 3. The smallest absolute Gasteiger partial charge is 0.226 e. The quantitative estimate of drug-likeness (QED) is 0.434. The fourth-order valence-electron chi connectivity index (χ4n) is 1.57. The van der Waals surface area contributed by atoms with E-state index in [1.54, 1.807) is 6.92 Å². The highest BCUT2D eigenvalue weighted by Gasteiger charge is 2.14. The van der Waals surface area contributed by atoms with Gasteiger partial charge in [-0.2, -0.15) is 14.5 Å². The second kappa shape index (κ2) is 5.54. The maximum absolute atomic E-state index is 7.49. The molecular formula is C11H12ClN7. The summed E-state index contributed by atoms with van der Waals surface area (Å²) >= 11 is 5.62. The lowest BCUT2D eigenvalue weighted by atomic mass is 10.3. The number of nitrogens with one attached hydrogen (secondary N) is 2. The zero-order valence-electron chi connectivity index (χ0n) is 10.2. The van der Waals surface area contributed by atoms with Gasteiger partial charge in [-0.05, 0) is 12.8 Å². The van der Waals surface area contributed by atoms with Crippen LogP contribution in [0.25, 0.3) is 5.65 Å². The summed E-state index contributed by atoms with van der Waals surface area (Å²) in [4.78, 5) is 8.39. The van der Waals surface area contributed by atoms with Crippen LogP contribution in [0.2, 0.25) is 0 Å². The van der Waals surface area contributed by atoms with Gasteiger partial charge in [-0.15, -0.1) is 16.7 Å². The molecule has 0 saturated heterocycles. The van der Waals surface area contributed by atoms with Crippen molar-refractivity contribution in [3.05, 3.63) is 11.4 Å². The number of nitrogens with two attached hydrogens (primary N) is 1. The Balaban J connectivity index is 2.65. The Hall–Kier alpha value is -2.33. The molecule has 4 N–H and O–H groups in total. The van der Waals surface area contributed by atoms with E-state index in [2.05, 4.69) is 32.2 Å². The van der Waals surface area contributed by atoms with Gasteiger partial charge in [-0.3, -0.25) is 0 Å². The summed E-state index contributed by atoms with van der Waals surface area (Å²) in [6.45, 7) is 2.21. The van der Waals surface area contributed by atoms with Gasteiger partial charge in [0.2, 0.25) is 11.8 Å². The van der Waals surface area contributed by atoms with E-state index in [-0.39, 0.29) is 5.95 Å². The van der Waals surface area contributed by atoms with Gasteiger partial charge in [0.15, 0.2) is 5.65 Å². The number of alkyl halides is 1. The van der Waals surface area contributed by atoms with Crippen molar-refractivity contribution < 1.29 is 0 Å². The second-order valence-corrected chi connectivity index (χ2v) is 3.92. The van der Waals surface area contributed by atoms with Crippen LogP contribution in [0.15, 0.2) is 0 Å². The van der Waals surface area contributed by atoms with Crippen molar-refractivity contribution in [2.75, 3.05) is 23.5 Å². The minimum absolute atomic E-state index is 0.175. The number of halogens is 1. The summed E-state index contributed by atoms with van der Waals surface area (Å²) in [6, 6.07) is 0. The van der Waals surface area contributed by atoms with Crippen LogP contribution in [0.5, 0.6) is 0 Å². The first-order valence-electron chi connectivity index (χ1n) is 5.50. The van der Waals surface area contributed by atoms with Crippen LogP contribution in [0.3, 0.4) is 0 Å². The fraction of sp³-hybridized carbons (Fsp3) is 0.273. The maximum Gasteiger partial charge on any atom is 0.226 e. The molecule has 0 amide bonds. The van der Waals surface area contributed by atoms with Crippen molar-refractivity contribution in [3.63, 3.8) is 0 Å². The average molecular weight is 278 g/mol. The van der Waals surface area contributed by atoms with Gasteiger partial charge in [-0.1, -0.05) is 5.92 Å². The molecule has 0 aliphatic rings. The van der Waals surface area contributed by atoms with Crippen molar-refractivity contribution in [3.8, 4) is 11.8 Å². The number of nitrogen functional groups attached to an aromatic ring is 1. The van der Waals surface area contributed by atoms with E-state index in [0.29, 0.717) is 35.3 Å². The van der Waals surface area contributed by atoms with E-state index in [1.807, 2.05) is 0 Å². The summed E-state index contributed by atoms with van der Waals surface area (Å²) in [5, 5.41) is 14.6. The molecule has 19 heavy (non-hydrogen) atoms. The third kappa shape index (κ3) is 2.44. The Morgan fingerprint density at radius 2 is 2.32 bits per heavy atom. The Morgan fingerprint density at radius 1 is 1.53 bits per heavy atom. The molecule has 8 heteroatoms. The summed E-state index contributed by atoms with van der Waals surface area (Å²) in [5.74, 6) is 6.85. The average Bonchev–Trinajstić information content (AvgIpc) is 2.81. The van der Waals surface area contributed by atoms with Gasteiger partial charge in [0.25, 0.3) is 0 Å². The summed E-state index contributed by atoms with van der Waals surface area (Å²) in [6.07, 6.45) is 1.15. The number of anilines is 2. The minimum atomic E-state index is 0.175. The Bertz CT molecular complexity index is 680. The molecular weight excluding hydrogens is 266 g/mol. The monoisotopic (exact) mass is 277 g/mol. The second-order valence-electron chi connectivity index (χ2n) is 3.54. The van der Waals surface area contributed by atoms with Gasteiger partial charge >= 0.3 is 0 Å². The Labute approximate surface area is 114 Å². The summed E-state index contributed by atoms with van der Waals surface area (Å²) in [7, 11) is 0. The topological polar surface area (TPSA) is 105 Å². The first kappa shape index (κ1) is 13.1. The molecule has 0 radical (unpaired) electrons. The molecule has 0 saturated carbocycles. The van der Waals surface area contributed by atoms with Crippen molar-refractivity contribution in [1.29, 1.82) is 5.41 Å². The summed E-state index contributed by atoms with van der Waals surface area (Å²) < 4.78 is 1.37. The molecule has 0 aromatic carbocycles. The van der Waals surface area contributed by atoms with Gasteiger partial charge in [0.05, 0.1) is 5.56 Å². The molecule has 7 nitrogen and oxygen atoms in total. The van der Waals surface area contributed by atoms with Crippen LogP contribution in [0.4, 0.5) is 11.8 Å². The molecule has 2 aromatic heterocycles. The molecule has 0 spiro atoms. The maximum atomic E-state index is 7.49. The molecule has 0 fully saturated rings. The predicted molar refractivity (Wildman–Crippen MR) is 74.8 cm³/mol. The fourth-order valence-corrected chi connectivity index (χ4v) is 1.67. The molecule has 2 heterocycles. The predicted octanol–water partition coefficient (Wildman–Crippen LogP) is 0.726. The number of aromatic nitrogens is 4. The molecule has 0 aliphatic heterocycles. The van der Waals surface area contributed by atoms with E-state index in [0.717, 1.165) is 6.21 Å². The van der Waals surface area contributed by atoms with E-state index in [9.17, 15) is 0 Å². The first-order chi connectivity index (χ1) is 9.21. The molecule has 0 bridgehead atoms. The Kier molecular flexibility index (Phi) is 3.82. The molecule has 0 unspecified atom stereocenters. The van der Waals surface area contributed by atoms with Crippen molar-refractivity contribution >= 4 is 35.2 Å². The number of rotatable bonds is 4.